The van der Waals surface area contributed by atoms with Gasteiger partial charge in [0.25, 0.3) is 11.5 Å². The molecule has 0 atom stereocenters. The number of hydrogen-bond donors (Lipinski definition) is 2. The van der Waals surface area contributed by atoms with Crippen molar-refractivity contribution >= 4 is 22.3 Å². The molecular weight excluding hydrogens is 474 g/mol. The number of hydrogen-bond acceptors (Lipinski definition) is 4. The number of pyridine rings is 3. The summed E-state index contributed by atoms with van der Waals surface area (Å²) >= 11 is 0. The third-order valence-corrected chi connectivity index (χ3v) is 7.00. The predicted molar refractivity (Wildman–Crippen MR) is 152 cm³/mol. The van der Waals surface area contributed by atoms with Gasteiger partial charge in [0.2, 0.25) is 0 Å². The molecule has 4 heterocycles. The van der Waals surface area contributed by atoms with Crippen molar-refractivity contribution in [1.29, 1.82) is 0 Å². The molecule has 7 heteroatoms. The zero-order valence-corrected chi connectivity index (χ0v) is 22.3. The minimum Gasteiger partial charge on any atom is -0.346 e. The maximum absolute atomic E-state index is 13.7. The Morgan fingerprint density at radius 2 is 1.95 bits per heavy atom. The normalized spacial score (nSPS) is 11.5. The number of carbonyl (C=O) groups is 1. The second kappa shape index (κ2) is 10.6. The zero-order chi connectivity index (χ0) is 26.8. The molecule has 0 unspecified atom stereocenters. The average Bonchev–Trinajstić information content (AvgIpc) is 3.34. The largest absolute Gasteiger partial charge is 0.346 e. The van der Waals surface area contributed by atoms with Crippen molar-refractivity contribution in [2.75, 3.05) is 0 Å². The highest BCUT2D eigenvalue weighted by molar-refractivity contribution is 5.99. The van der Waals surface area contributed by atoms with E-state index in [9.17, 15) is 9.59 Å². The molecule has 1 amide bonds. The van der Waals surface area contributed by atoms with Gasteiger partial charge in [0.05, 0.1) is 16.7 Å². The highest BCUT2D eigenvalue weighted by atomic mass is 16.2. The number of rotatable bonds is 8. The number of carbonyl (C=O) groups excluding carboxylic acids is 1. The van der Waals surface area contributed by atoms with Crippen LogP contribution in [-0.2, 0) is 13.0 Å². The Bertz CT molecular complexity index is 1690. The highest BCUT2D eigenvalue weighted by Crippen LogP contribution is 2.31. The van der Waals surface area contributed by atoms with E-state index in [1.54, 1.807) is 12.5 Å². The van der Waals surface area contributed by atoms with Gasteiger partial charge in [0.1, 0.15) is 12.0 Å². The molecule has 0 radical (unpaired) electrons. The number of benzene rings is 1. The molecule has 4 aromatic heterocycles. The maximum atomic E-state index is 13.7. The van der Waals surface area contributed by atoms with Gasteiger partial charge in [-0.25, -0.2) is 4.98 Å². The molecule has 1 aromatic carbocycles. The van der Waals surface area contributed by atoms with Gasteiger partial charge in [0, 0.05) is 29.4 Å². The summed E-state index contributed by atoms with van der Waals surface area (Å²) in [6.07, 6.45) is 6.31. The fourth-order valence-electron chi connectivity index (χ4n) is 5.07. The summed E-state index contributed by atoms with van der Waals surface area (Å²) in [5, 5.41) is 4.04. The average molecular weight is 508 g/mol. The lowest BCUT2D eigenvalue weighted by atomic mass is 9.99. The number of imidazole rings is 1. The minimum absolute atomic E-state index is 0.150. The molecule has 5 rings (SSSR count). The highest BCUT2D eigenvalue weighted by Gasteiger charge is 2.19. The first-order valence-electron chi connectivity index (χ1n) is 13.2. The molecule has 0 aliphatic carbocycles. The monoisotopic (exact) mass is 507 g/mol. The first kappa shape index (κ1) is 25.4. The van der Waals surface area contributed by atoms with Crippen molar-refractivity contribution in [2.45, 2.75) is 59.4 Å². The van der Waals surface area contributed by atoms with E-state index >= 15 is 0 Å². The smallest absolute Gasteiger partial charge is 0.268 e. The fourth-order valence-corrected chi connectivity index (χ4v) is 5.07. The molecule has 2 N–H and O–H groups in total. The van der Waals surface area contributed by atoms with Crippen LogP contribution in [0, 0.1) is 6.92 Å². The van der Waals surface area contributed by atoms with Crippen LogP contribution in [0.25, 0.3) is 27.5 Å². The summed E-state index contributed by atoms with van der Waals surface area (Å²) < 4.78 is 1.84. The molecule has 38 heavy (non-hydrogen) atoms. The van der Waals surface area contributed by atoms with Crippen LogP contribution in [0.1, 0.15) is 72.5 Å². The lowest BCUT2D eigenvalue weighted by Crippen LogP contribution is -2.29. The van der Waals surface area contributed by atoms with Crippen LogP contribution in [-0.4, -0.2) is 25.3 Å². The van der Waals surface area contributed by atoms with Crippen molar-refractivity contribution in [2.24, 2.45) is 0 Å². The Labute approximate surface area is 222 Å². The van der Waals surface area contributed by atoms with Gasteiger partial charge in [-0.05, 0) is 72.7 Å². The number of aromatic nitrogens is 4. The van der Waals surface area contributed by atoms with Gasteiger partial charge in [-0.3, -0.25) is 19.0 Å². The summed E-state index contributed by atoms with van der Waals surface area (Å²) in [4.78, 5) is 38.5. The molecule has 7 nitrogen and oxygen atoms in total. The molecule has 0 aliphatic heterocycles. The Morgan fingerprint density at radius 3 is 2.74 bits per heavy atom. The van der Waals surface area contributed by atoms with Crippen LogP contribution in [0.3, 0.4) is 0 Å². The summed E-state index contributed by atoms with van der Waals surface area (Å²) in [6, 6.07) is 16.0. The van der Waals surface area contributed by atoms with Gasteiger partial charge >= 0.3 is 0 Å². The van der Waals surface area contributed by atoms with Crippen molar-refractivity contribution in [1.82, 2.24) is 24.7 Å². The fraction of sp³-hybridized carbons (Fsp3) is 0.290. The first-order valence-corrected chi connectivity index (χ1v) is 13.2. The first-order chi connectivity index (χ1) is 18.4. The van der Waals surface area contributed by atoms with Crippen LogP contribution in [0.2, 0.25) is 0 Å². The number of aromatic amines is 1. The molecule has 0 spiro atoms. The van der Waals surface area contributed by atoms with Crippen molar-refractivity contribution in [3.05, 3.63) is 99.6 Å². The van der Waals surface area contributed by atoms with Crippen LogP contribution in [0.15, 0.2) is 65.8 Å². The van der Waals surface area contributed by atoms with Crippen LogP contribution < -0.4 is 10.9 Å². The maximum Gasteiger partial charge on any atom is 0.268 e. The Kier molecular flexibility index (Phi) is 7.09. The number of aryl methyl sites for hydroxylation is 2. The molecule has 0 saturated heterocycles. The summed E-state index contributed by atoms with van der Waals surface area (Å²) in [5.74, 6) is -0.0723. The molecule has 0 aliphatic rings. The summed E-state index contributed by atoms with van der Waals surface area (Å²) in [5.41, 5.74) is 7.37. The number of H-pyrrole nitrogens is 1. The number of amides is 1. The second-order valence-corrected chi connectivity index (χ2v) is 10.1. The lowest BCUT2D eigenvalue weighted by molar-refractivity contribution is 0.0944. The van der Waals surface area contributed by atoms with Crippen LogP contribution >= 0.6 is 0 Å². The van der Waals surface area contributed by atoms with Gasteiger partial charge in [-0.1, -0.05) is 45.4 Å². The van der Waals surface area contributed by atoms with E-state index in [0.29, 0.717) is 11.3 Å². The van der Waals surface area contributed by atoms with E-state index in [4.69, 9.17) is 0 Å². The standard InChI is InChI=1S/C31H33N5O2/c1-5-6-9-21-14-20(4)35-30(37)25(21)17-33-31(38)28-16-22(15-27-29(19(2)3)34-18-36(27)28)23-10-7-12-26-24(23)11-8-13-32-26/h7-8,10-16,18-19H,5-6,9,17H2,1-4H3,(H,33,38)(H,35,37). The van der Waals surface area contributed by atoms with Gasteiger partial charge in [0.15, 0.2) is 0 Å². The summed E-state index contributed by atoms with van der Waals surface area (Å²) in [6.45, 7) is 8.36. The minimum atomic E-state index is -0.260. The number of unbranched alkanes of at least 4 members (excludes halogenated alkanes) is 1. The molecule has 0 bridgehead atoms. The Morgan fingerprint density at radius 1 is 1.11 bits per heavy atom. The SMILES string of the molecule is CCCCc1cc(C)[nH]c(=O)c1CNC(=O)c1cc(-c2cccc3ncccc23)cc2c(C(C)C)ncn12. The second-order valence-electron chi connectivity index (χ2n) is 10.1. The van der Waals surface area contributed by atoms with E-state index in [0.717, 1.165) is 63.8 Å². The van der Waals surface area contributed by atoms with E-state index in [2.05, 4.69) is 53.2 Å². The predicted octanol–water partition coefficient (Wildman–Crippen LogP) is 5.94. The quantitative estimate of drug-likeness (QED) is 0.272. The van der Waals surface area contributed by atoms with Crippen LogP contribution in [0.5, 0.6) is 0 Å². The van der Waals surface area contributed by atoms with Gasteiger partial charge in [-0.2, -0.15) is 0 Å². The summed E-state index contributed by atoms with van der Waals surface area (Å²) in [7, 11) is 0. The van der Waals surface area contributed by atoms with Gasteiger partial charge < -0.3 is 10.3 Å². The number of nitrogens with zero attached hydrogens (tertiary/aromatic N) is 3. The topological polar surface area (TPSA) is 92.1 Å². The van der Waals surface area contributed by atoms with E-state index < -0.39 is 0 Å². The molecule has 5 aromatic rings. The van der Waals surface area contributed by atoms with E-state index in [-0.39, 0.29) is 23.9 Å². The van der Waals surface area contributed by atoms with Crippen molar-refractivity contribution in [3.63, 3.8) is 0 Å². The van der Waals surface area contributed by atoms with E-state index in [1.165, 1.54) is 0 Å². The van der Waals surface area contributed by atoms with Crippen LogP contribution in [0.4, 0.5) is 0 Å². The number of fused-ring (bicyclic) bond motifs is 2. The molecule has 194 valence electrons. The number of nitrogens with one attached hydrogen (secondary N) is 2. The molecule has 0 saturated carbocycles. The van der Waals surface area contributed by atoms with E-state index in [1.807, 2.05) is 47.7 Å². The molecular formula is C31H33N5O2. The Hall–Kier alpha value is -4.26. The third kappa shape index (κ3) is 4.84. The third-order valence-electron chi connectivity index (χ3n) is 7.00. The zero-order valence-electron chi connectivity index (χ0n) is 22.3. The van der Waals surface area contributed by atoms with Crippen molar-refractivity contribution in [3.8, 4) is 11.1 Å². The lowest BCUT2D eigenvalue weighted by Gasteiger charge is -2.14. The van der Waals surface area contributed by atoms with Crippen molar-refractivity contribution < 1.29 is 4.79 Å². The van der Waals surface area contributed by atoms with Gasteiger partial charge in [-0.15, -0.1) is 0 Å². The Balaban J connectivity index is 1.58. The molecule has 0 fully saturated rings.